The van der Waals surface area contributed by atoms with E-state index in [1.54, 1.807) is 12.1 Å². The van der Waals surface area contributed by atoms with Gasteiger partial charge in [-0.05, 0) is 55.5 Å². The van der Waals surface area contributed by atoms with Crippen LogP contribution in [0.25, 0.3) is 0 Å². The van der Waals surface area contributed by atoms with Crippen LogP contribution in [0.1, 0.15) is 102 Å². The SMILES string of the molecule is CCCCCCCC[P+](CCCCCCCC)(Cc1ccc(C(F)(F)F)cc1)c1ccccc1.[Cl-]. The van der Waals surface area contributed by atoms with Gasteiger partial charge in [0, 0.05) is 0 Å². The topological polar surface area (TPSA) is 0 Å². The van der Waals surface area contributed by atoms with Crippen molar-refractivity contribution in [1.29, 1.82) is 0 Å². The molecule has 0 aliphatic rings. The summed E-state index contributed by atoms with van der Waals surface area (Å²) < 4.78 is 39.4. The Labute approximate surface area is 219 Å². The highest BCUT2D eigenvalue weighted by molar-refractivity contribution is 7.82. The summed E-state index contributed by atoms with van der Waals surface area (Å²) in [6, 6.07) is 16.9. The van der Waals surface area contributed by atoms with Gasteiger partial charge in [-0.25, -0.2) is 0 Å². The van der Waals surface area contributed by atoms with Crippen molar-refractivity contribution in [3.63, 3.8) is 0 Å². The van der Waals surface area contributed by atoms with E-state index in [1.165, 1.54) is 107 Å². The van der Waals surface area contributed by atoms with E-state index in [4.69, 9.17) is 0 Å². The Hall–Kier alpha value is -1.05. The van der Waals surface area contributed by atoms with E-state index < -0.39 is 19.0 Å². The van der Waals surface area contributed by atoms with Crippen molar-refractivity contribution in [3.05, 3.63) is 65.7 Å². The van der Waals surface area contributed by atoms with E-state index in [9.17, 15) is 13.2 Å². The van der Waals surface area contributed by atoms with Crippen LogP contribution in [0.2, 0.25) is 0 Å². The van der Waals surface area contributed by atoms with E-state index in [2.05, 4.69) is 44.2 Å². The molecule has 0 bridgehead atoms. The predicted molar refractivity (Wildman–Crippen MR) is 145 cm³/mol. The standard InChI is InChI=1S/C30H45F3P.ClH/c1-3-5-7-9-11-16-24-34(29-18-14-13-15-19-29,25-17-12-10-8-6-4-2)26-27-20-22-28(23-21-27)30(31,32)33;/h13-15,18-23H,3-12,16-17,24-26H2,1-2H3;1H/q+1;/p-1. The maximum absolute atomic E-state index is 13.1. The second-order valence-electron chi connectivity index (χ2n) is 9.82. The first-order valence-corrected chi connectivity index (χ1v) is 15.8. The maximum Gasteiger partial charge on any atom is 0.416 e. The lowest BCUT2D eigenvalue weighted by atomic mass is 10.1. The van der Waals surface area contributed by atoms with Gasteiger partial charge in [0.1, 0.15) is 0 Å². The molecule has 0 atom stereocenters. The molecule has 2 aromatic rings. The van der Waals surface area contributed by atoms with E-state index >= 15 is 0 Å². The second-order valence-corrected chi connectivity index (χ2v) is 13.8. The molecule has 198 valence electrons. The Morgan fingerprint density at radius 1 is 0.600 bits per heavy atom. The van der Waals surface area contributed by atoms with Crippen molar-refractivity contribution in [3.8, 4) is 0 Å². The highest BCUT2D eigenvalue weighted by atomic mass is 35.5. The first kappa shape index (κ1) is 32.0. The predicted octanol–water partition coefficient (Wildman–Crippen LogP) is 7.27. The van der Waals surface area contributed by atoms with Crippen molar-refractivity contribution in [2.24, 2.45) is 0 Å². The molecule has 0 amide bonds. The fourth-order valence-electron chi connectivity index (χ4n) is 4.90. The zero-order valence-corrected chi connectivity index (χ0v) is 23.4. The summed E-state index contributed by atoms with van der Waals surface area (Å²) in [5, 5.41) is 1.46. The van der Waals surface area contributed by atoms with Crippen LogP contribution in [0.3, 0.4) is 0 Å². The van der Waals surface area contributed by atoms with Gasteiger partial charge >= 0.3 is 6.18 Å². The number of halogens is 4. The van der Waals surface area contributed by atoms with Gasteiger partial charge in [-0.3, -0.25) is 0 Å². The number of alkyl halides is 3. The molecule has 0 N–H and O–H groups in total. The molecule has 0 aromatic heterocycles. The van der Waals surface area contributed by atoms with E-state index in [0.29, 0.717) is 0 Å². The van der Waals surface area contributed by atoms with Crippen LogP contribution in [0.5, 0.6) is 0 Å². The molecule has 35 heavy (non-hydrogen) atoms. The average molecular weight is 529 g/mol. The van der Waals surface area contributed by atoms with Crippen molar-refractivity contribution >= 4 is 12.6 Å². The Kier molecular flexibility index (Phi) is 15.9. The molecule has 0 saturated carbocycles. The molecule has 0 radical (unpaired) electrons. The average Bonchev–Trinajstić information content (AvgIpc) is 2.83. The van der Waals surface area contributed by atoms with Crippen molar-refractivity contribution < 1.29 is 25.6 Å². The van der Waals surface area contributed by atoms with Crippen LogP contribution in [0, 0.1) is 0 Å². The molecule has 0 saturated heterocycles. The first-order valence-electron chi connectivity index (χ1n) is 13.5. The van der Waals surface area contributed by atoms with Crippen LogP contribution < -0.4 is 17.7 Å². The number of rotatable bonds is 17. The third kappa shape index (κ3) is 11.7. The molecule has 0 fully saturated rings. The van der Waals surface area contributed by atoms with E-state index in [0.717, 1.165) is 11.7 Å². The Balaban J connectivity index is 0.00000612. The lowest BCUT2D eigenvalue weighted by molar-refractivity contribution is -0.137. The molecular weight excluding hydrogens is 484 g/mol. The Morgan fingerprint density at radius 2 is 1.06 bits per heavy atom. The maximum atomic E-state index is 13.1. The third-order valence-electron chi connectivity index (χ3n) is 6.95. The van der Waals surface area contributed by atoms with Gasteiger partial charge in [-0.2, -0.15) is 13.2 Å². The fraction of sp³-hybridized carbons (Fsp3) is 0.600. The highest BCUT2D eigenvalue weighted by Gasteiger charge is 2.39. The minimum absolute atomic E-state index is 0. The van der Waals surface area contributed by atoms with Crippen LogP contribution in [-0.4, -0.2) is 12.3 Å². The minimum Gasteiger partial charge on any atom is -1.00 e. The summed E-state index contributed by atoms with van der Waals surface area (Å²) in [6.07, 6.45) is 14.4. The van der Waals surface area contributed by atoms with Crippen molar-refractivity contribution in [2.45, 2.75) is 103 Å². The molecular formula is C30H45ClF3P. The summed E-state index contributed by atoms with van der Waals surface area (Å²) in [5.41, 5.74) is 0.508. The van der Waals surface area contributed by atoms with Crippen molar-refractivity contribution in [2.75, 3.05) is 12.3 Å². The quantitative estimate of drug-likeness (QED) is 0.149. The minimum atomic E-state index is -4.28. The summed E-state index contributed by atoms with van der Waals surface area (Å²) in [4.78, 5) is 0. The normalized spacial score (nSPS) is 11.9. The summed E-state index contributed by atoms with van der Waals surface area (Å²) in [5.74, 6) is 0. The Bertz CT molecular complexity index is 758. The molecule has 0 spiro atoms. The first-order chi connectivity index (χ1) is 16.4. The van der Waals surface area contributed by atoms with Crippen LogP contribution in [0.15, 0.2) is 54.6 Å². The molecule has 0 aliphatic carbocycles. The molecule has 0 aliphatic heterocycles. The van der Waals surface area contributed by atoms with Gasteiger partial charge in [-0.15, -0.1) is 0 Å². The van der Waals surface area contributed by atoms with Gasteiger partial charge in [0.2, 0.25) is 0 Å². The molecule has 2 rings (SSSR count). The second kappa shape index (κ2) is 17.4. The van der Waals surface area contributed by atoms with E-state index in [1.807, 2.05) is 0 Å². The monoisotopic (exact) mass is 528 g/mol. The van der Waals surface area contributed by atoms with Gasteiger partial charge in [-0.1, -0.05) is 95.5 Å². The Morgan fingerprint density at radius 3 is 1.51 bits per heavy atom. The molecule has 2 aromatic carbocycles. The molecule has 5 heteroatoms. The van der Waals surface area contributed by atoms with Crippen LogP contribution in [-0.2, 0) is 12.3 Å². The van der Waals surface area contributed by atoms with E-state index in [-0.39, 0.29) is 12.4 Å². The molecule has 0 heterocycles. The largest absolute Gasteiger partial charge is 1.00 e. The number of unbranched alkanes of at least 4 members (excludes halogenated alkanes) is 10. The number of hydrogen-bond acceptors (Lipinski definition) is 0. The number of benzene rings is 2. The van der Waals surface area contributed by atoms with Gasteiger partial charge < -0.3 is 12.4 Å². The van der Waals surface area contributed by atoms with Crippen LogP contribution >= 0.6 is 7.26 Å². The number of hydrogen-bond donors (Lipinski definition) is 0. The van der Waals surface area contributed by atoms with Gasteiger partial charge in [0.25, 0.3) is 0 Å². The highest BCUT2D eigenvalue weighted by Crippen LogP contribution is 2.61. The summed E-state index contributed by atoms with van der Waals surface area (Å²) >= 11 is 0. The summed E-state index contributed by atoms with van der Waals surface area (Å²) in [6.45, 7) is 4.49. The zero-order valence-electron chi connectivity index (χ0n) is 21.8. The van der Waals surface area contributed by atoms with Gasteiger partial charge in [0.15, 0.2) is 0 Å². The summed E-state index contributed by atoms with van der Waals surface area (Å²) in [7, 11) is -1.52. The molecule has 0 unspecified atom stereocenters. The lowest BCUT2D eigenvalue weighted by Crippen LogP contribution is -3.00. The van der Waals surface area contributed by atoms with Crippen LogP contribution in [0.4, 0.5) is 13.2 Å². The third-order valence-corrected chi connectivity index (χ3v) is 11.7. The fourth-order valence-corrected chi connectivity index (χ4v) is 9.51. The molecule has 0 nitrogen and oxygen atoms in total. The zero-order chi connectivity index (χ0) is 24.7. The smallest absolute Gasteiger partial charge is 0.416 e. The lowest BCUT2D eigenvalue weighted by Gasteiger charge is -2.28. The van der Waals surface area contributed by atoms with Crippen molar-refractivity contribution in [1.82, 2.24) is 0 Å². The van der Waals surface area contributed by atoms with Gasteiger partial charge in [0.05, 0.1) is 36.6 Å².